The molecule has 2 aromatic rings. The number of nitrogens with one attached hydrogen (secondary N) is 1. The average molecular weight is 305 g/mol. The number of para-hydroxylation sites is 1. The molecule has 0 spiro atoms. The van der Waals surface area contributed by atoms with Crippen molar-refractivity contribution in [3.8, 4) is 5.75 Å². The van der Waals surface area contributed by atoms with Gasteiger partial charge in [-0.15, -0.1) is 0 Å². The molecule has 2 aromatic carbocycles. The monoisotopic (exact) mass is 304 g/mol. The number of phenols is 1. The molecule has 0 aliphatic carbocycles. The Morgan fingerprint density at radius 3 is 2.57 bits per heavy atom. The minimum absolute atomic E-state index is 0.0820. The highest BCUT2D eigenvalue weighted by molar-refractivity contribution is 6.31. The van der Waals surface area contributed by atoms with Crippen molar-refractivity contribution in [1.82, 2.24) is 4.90 Å². The van der Waals surface area contributed by atoms with Crippen LogP contribution < -0.4 is 5.32 Å². The lowest BCUT2D eigenvalue weighted by Gasteiger charge is -2.16. The Hall–Kier alpha value is -2.20. The predicted octanol–water partition coefficient (Wildman–Crippen LogP) is 3.36. The number of carbonyl (C=O) groups is 1. The van der Waals surface area contributed by atoms with Crippen molar-refractivity contribution in [2.45, 2.75) is 6.54 Å². The van der Waals surface area contributed by atoms with Gasteiger partial charge in [0.2, 0.25) is 0 Å². The van der Waals surface area contributed by atoms with Crippen molar-refractivity contribution in [1.29, 1.82) is 0 Å². The van der Waals surface area contributed by atoms with Gasteiger partial charge in [0.25, 0.3) is 5.91 Å². The van der Waals surface area contributed by atoms with E-state index in [4.69, 9.17) is 11.6 Å². The van der Waals surface area contributed by atoms with Crippen LogP contribution in [-0.2, 0) is 6.54 Å². The van der Waals surface area contributed by atoms with Crippen LogP contribution in [0.5, 0.6) is 5.75 Å². The number of amides is 1. The lowest BCUT2D eigenvalue weighted by Crippen LogP contribution is -2.22. The predicted molar refractivity (Wildman–Crippen MR) is 84.9 cm³/mol. The zero-order valence-corrected chi connectivity index (χ0v) is 12.7. The molecule has 0 heterocycles. The van der Waals surface area contributed by atoms with Gasteiger partial charge >= 0.3 is 0 Å². The van der Waals surface area contributed by atoms with Crippen LogP contribution in [-0.4, -0.2) is 30.0 Å². The standard InChI is InChI=1S/C16H17ClN2O2/c1-19(2)16(21)11-6-3-4-8-14(11)18-10-12-13(17)7-5-9-15(12)20/h3-9,18,20H,10H2,1-2H3. The summed E-state index contributed by atoms with van der Waals surface area (Å²) in [7, 11) is 3.41. The summed E-state index contributed by atoms with van der Waals surface area (Å²) >= 11 is 6.07. The first-order chi connectivity index (χ1) is 10.0. The van der Waals surface area contributed by atoms with E-state index in [1.807, 2.05) is 18.2 Å². The molecule has 0 aliphatic heterocycles. The number of halogens is 1. The van der Waals surface area contributed by atoms with Crippen LogP contribution in [0.15, 0.2) is 42.5 Å². The van der Waals surface area contributed by atoms with Crippen molar-refractivity contribution in [2.24, 2.45) is 0 Å². The second kappa shape index (κ2) is 6.50. The number of benzene rings is 2. The highest BCUT2D eigenvalue weighted by atomic mass is 35.5. The SMILES string of the molecule is CN(C)C(=O)c1ccccc1NCc1c(O)cccc1Cl. The third-order valence-corrected chi connectivity index (χ3v) is 3.47. The summed E-state index contributed by atoms with van der Waals surface area (Å²) in [6.07, 6.45) is 0. The van der Waals surface area contributed by atoms with E-state index in [1.54, 1.807) is 38.4 Å². The van der Waals surface area contributed by atoms with E-state index in [-0.39, 0.29) is 11.7 Å². The third-order valence-electron chi connectivity index (χ3n) is 3.11. The first-order valence-electron chi connectivity index (χ1n) is 6.51. The molecule has 0 fully saturated rings. The molecular formula is C16H17ClN2O2. The number of rotatable bonds is 4. The zero-order valence-electron chi connectivity index (χ0n) is 11.9. The fraction of sp³-hybridized carbons (Fsp3) is 0.188. The van der Waals surface area contributed by atoms with E-state index in [9.17, 15) is 9.90 Å². The first-order valence-corrected chi connectivity index (χ1v) is 6.89. The smallest absolute Gasteiger partial charge is 0.255 e. The topological polar surface area (TPSA) is 52.6 Å². The van der Waals surface area contributed by atoms with E-state index in [1.165, 1.54) is 4.90 Å². The van der Waals surface area contributed by atoms with Crippen LogP contribution in [0, 0.1) is 0 Å². The molecule has 2 N–H and O–H groups in total. The largest absolute Gasteiger partial charge is 0.508 e. The molecule has 5 heteroatoms. The van der Waals surface area contributed by atoms with Crippen molar-refractivity contribution in [2.75, 3.05) is 19.4 Å². The Kier molecular flexibility index (Phi) is 4.70. The summed E-state index contributed by atoms with van der Waals surface area (Å²) in [6.45, 7) is 0.337. The Bertz CT molecular complexity index is 636. The molecule has 0 bridgehead atoms. The van der Waals surface area contributed by atoms with E-state index in [0.717, 1.165) is 0 Å². The lowest BCUT2D eigenvalue weighted by atomic mass is 10.1. The fourth-order valence-electron chi connectivity index (χ4n) is 1.97. The van der Waals surface area contributed by atoms with Crippen LogP contribution >= 0.6 is 11.6 Å². The van der Waals surface area contributed by atoms with Crippen molar-refractivity contribution in [3.05, 3.63) is 58.6 Å². The molecule has 4 nitrogen and oxygen atoms in total. The van der Waals surface area contributed by atoms with Gasteiger partial charge in [-0.3, -0.25) is 4.79 Å². The van der Waals surface area contributed by atoms with Gasteiger partial charge < -0.3 is 15.3 Å². The second-order valence-electron chi connectivity index (χ2n) is 4.84. The molecule has 0 saturated carbocycles. The normalized spacial score (nSPS) is 10.2. The molecule has 0 unspecified atom stereocenters. The Labute approximate surface area is 129 Å². The van der Waals surface area contributed by atoms with Crippen LogP contribution in [0.4, 0.5) is 5.69 Å². The van der Waals surface area contributed by atoms with Crippen LogP contribution in [0.2, 0.25) is 5.02 Å². The Morgan fingerprint density at radius 1 is 1.19 bits per heavy atom. The second-order valence-corrected chi connectivity index (χ2v) is 5.24. The van der Waals surface area contributed by atoms with Gasteiger partial charge in [0, 0.05) is 36.9 Å². The van der Waals surface area contributed by atoms with Gasteiger partial charge in [-0.1, -0.05) is 29.8 Å². The molecule has 0 aliphatic rings. The Morgan fingerprint density at radius 2 is 1.90 bits per heavy atom. The quantitative estimate of drug-likeness (QED) is 0.910. The van der Waals surface area contributed by atoms with Crippen LogP contribution in [0.25, 0.3) is 0 Å². The Balaban J connectivity index is 2.23. The number of carbonyl (C=O) groups excluding carboxylic acids is 1. The van der Waals surface area contributed by atoms with E-state index < -0.39 is 0 Å². The van der Waals surface area contributed by atoms with Gasteiger partial charge in [-0.2, -0.15) is 0 Å². The first kappa shape index (κ1) is 15.2. The summed E-state index contributed by atoms with van der Waals surface area (Å²) in [5.74, 6) is 0.0490. The fourth-order valence-corrected chi connectivity index (χ4v) is 2.21. The number of anilines is 1. The summed E-state index contributed by atoms with van der Waals surface area (Å²) in [5.41, 5.74) is 1.89. The average Bonchev–Trinajstić information content (AvgIpc) is 2.46. The minimum Gasteiger partial charge on any atom is -0.508 e. The van der Waals surface area contributed by atoms with Crippen molar-refractivity contribution < 1.29 is 9.90 Å². The highest BCUT2D eigenvalue weighted by Crippen LogP contribution is 2.27. The lowest BCUT2D eigenvalue weighted by molar-refractivity contribution is 0.0828. The molecule has 21 heavy (non-hydrogen) atoms. The van der Waals surface area contributed by atoms with E-state index in [2.05, 4.69) is 5.32 Å². The number of phenolic OH excluding ortho intramolecular Hbond substituents is 1. The maximum absolute atomic E-state index is 12.1. The molecule has 0 saturated heterocycles. The van der Waals surface area contributed by atoms with Crippen LogP contribution in [0.1, 0.15) is 15.9 Å². The van der Waals surface area contributed by atoms with Gasteiger partial charge in [0.05, 0.1) is 5.56 Å². The van der Waals surface area contributed by atoms with Gasteiger partial charge in [-0.25, -0.2) is 0 Å². The number of hydrogen-bond acceptors (Lipinski definition) is 3. The van der Waals surface area contributed by atoms with Crippen molar-refractivity contribution in [3.63, 3.8) is 0 Å². The van der Waals surface area contributed by atoms with E-state index >= 15 is 0 Å². The summed E-state index contributed by atoms with van der Waals surface area (Å²) < 4.78 is 0. The molecule has 0 radical (unpaired) electrons. The maximum Gasteiger partial charge on any atom is 0.255 e. The van der Waals surface area contributed by atoms with E-state index in [0.29, 0.717) is 28.4 Å². The molecule has 1 amide bonds. The van der Waals surface area contributed by atoms with Gasteiger partial charge in [-0.05, 0) is 24.3 Å². The number of nitrogens with zero attached hydrogens (tertiary/aromatic N) is 1. The summed E-state index contributed by atoms with van der Waals surface area (Å²) in [4.78, 5) is 13.6. The molecular weight excluding hydrogens is 288 g/mol. The maximum atomic E-state index is 12.1. The van der Waals surface area contributed by atoms with Gasteiger partial charge in [0.15, 0.2) is 0 Å². The molecule has 110 valence electrons. The molecule has 2 rings (SSSR count). The highest BCUT2D eigenvalue weighted by Gasteiger charge is 2.13. The summed E-state index contributed by atoms with van der Waals surface area (Å²) in [6, 6.07) is 12.2. The number of hydrogen-bond donors (Lipinski definition) is 2. The van der Waals surface area contributed by atoms with Crippen molar-refractivity contribution >= 4 is 23.2 Å². The summed E-state index contributed by atoms with van der Waals surface area (Å²) in [5, 5.41) is 13.5. The molecule has 0 atom stereocenters. The molecule has 0 aromatic heterocycles. The number of aromatic hydroxyl groups is 1. The minimum atomic E-state index is -0.0820. The van der Waals surface area contributed by atoms with Crippen LogP contribution in [0.3, 0.4) is 0 Å². The third kappa shape index (κ3) is 3.47. The zero-order chi connectivity index (χ0) is 15.4. The van der Waals surface area contributed by atoms with Gasteiger partial charge in [0.1, 0.15) is 5.75 Å².